The highest BCUT2D eigenvalue weighted by molar-refractivity contribution is 7.77. The highest BCUT2D eigenvalue weighted by Crippen LogP contribution is 2.66. The Kier molecular flexibility index (Phi) is 5.00. The van der Waals surface area contributed by atoms with Crippen LogP contribution in [0.15, 0.2) is 145 Å². The fraction of sp³-hybridized carbons (Fsp3) is 0.0588. The van der Waals surface area contributed by atoms with Crippen LogP contribution in [-0.2, 0) is 0 Å². The summed E-state index contributed by atoms with van der Waals surface area (Å²) < 4.78 is 0. The molecule has 0 radical (unpaired) electrons. The van der Waals surface area contributed by atoms with Gasteiger partial charge in [0, 0.05) is 11.8 Å². The molecule has 0 saturated heterocycles. The summed E-state index contributed by atoms with van der Waals surface area (Å²) in [5, 5.41) is 4.42. The molecule has 35 heavy (non-hydrogen) atoms. The molecule has 0 spiro atoms. The first-order valence-corrected chi connectivity index (χ1v) is 13.6. The number of rotatable bonds is 4. The number of allylic oxidation sites excluding steroid dienone is 2. The van der Waals surface area contributed by atoms with Crippen LogP contribution in [0.3, 0.4) is 0 Å². The minimum atomic E-state index is -0.716. The van der Waals surface area contributed by atoms with Gasteiger partial charge >= 0.3 is 0 Å². The molecule has 5 aromatic carbocycles. The Morgan fingerprint density at radius 3 is 1.20 bits per heavy atom. The molecule has 0 saturated carbocycles. The smallest absolute Gasteiger partial charge is 0.0360 e. The van der Waals surface area contributed by atoms with Gasteiger partial charge in [-0.05, 0) is 57.2 Å². The lowest BCUT2D eigenvalue weighted by molar-refractivity contribution is 0.816. The zero-order valence-corrected chi connectivity index (χ0v) is 20.3. The van der Waals surface area contributed by atoms with E-state index in [1.54, 1.807) is 5.31 Å². The Morgan fingerprint density at radius 2 is 0.743 bits per heavy atom. The quantitative estimate of drug-likeness (QED) is 0.238. The first kappa shape index (κ1) is 20.6. The molecule has 0 fully saturated rings. The van der Waals surface area contributed by atoms with Crippen molar-refractivity contribution < 1.29 is 0 Å². The Hall–Kier alpha value is -3.73. The molecule has 0 heterocycles. The van der Waals surface area contributed by atoms with Gasteiger partial charge in [0.2, 0.25) is 0 Å². The maximum atomic E-state index is 2.37. The van der Waals surface area contributed by atoms with Crippen molar-refractivity contribution in [1.82, 2.24) is 0 Å². The van der Waals surface area contributed by atoms with E-state index in [4.69, 9.17) is 0 Å². The van der Waals surface area contributed by atoms with Crippen LogP contribution in [0, 0.1) is 0 Å². The Labute approximate surface area is 208 Å². The molecule has 2 bridgehead atoms. The summed E-state index contributed by atoms with van der Waals surface area (Å²) in [6.45, 7) is 0. The molecule has 0 nitrogen and oxygen atoms in total. The molecule has 8 rings (SSSR count). The van der Waals surface area contributed by atoms with Gasteiger partial charge < -0.3 is 0 Å². The second kappa shape index (κ2) is 8.49. The fourth-order valence-corrected chi connectivity index (χ4v) is 8.91. The maximum absolute atomic E-state index is 2.37. The summed E-state index contributed by atoms with van der Waals surface area (Å²) in [6, 6.07) is 51.8. The zero-order valence-electron chi connectivity index (χ0n) is 19.4. The molecular weight excluding hydrogens is 439 g/mol. The summed E-state index contributed by atoms with van der Waals surface area (Å²) in [4.78, 5) is 0. The van der Waals surface area contributed by atoms with E-state index in [1.165, 1.54) is 44.0 Å². The van der Waals surface area contributed by atoms with Gasteiger partial charge in [-0.1, -0.05) is 140 Å². The van der Waals surface area contributed by atoms with E-state index in [1.807, 2.05) is 0 Å². The molecule has 166 valence electrons. The fourth-order valence-electron chi connectivity index (χ4n) is 6.08. The summed E-state index contributed by atoms with van der Waals surface area (Å²) in [6.07, 6.45) is 0. The van der Waals surface area contributed by atoms with Crippen LogP contribution in [0.25, 0.3) is 5.57 Å². The van der Waals surface area contributed by atoms with Crippen LogP contribution < -0.4 is 10.6 Å². The first-order valence-electron chi connectivity index (χ1n) is 12.3. The van der Waals surface area contributed by atoms with Crippen molar-refractivity contribution >= 4 is 24.1 Å². The summed E-state index contributed by atoms with van der Waals surface area (Å²) in [5.74, 6) is 0.511. The lowest BCUT2D eigenvalue weighted by Crippen LogP contribution is -2.30. The average molecular weight is 465 g/mol. The Morgan fingerprint density at radius 1 is 0.371 bits per heavy atom. The lowest BCUT2D eigenvalue weighted by Gasteiger charge is -2.46. The van der Waals surface area contributed by atoms with Crippen molar-refractivity contribution in [3.8, 4) is 0 Å². The van der Waals surface area contributed by atoms with E-state index in [-0.39, 0.29) is 11.8 Å². The van der Waals surface area contributed by atoms with Crippen LogP contribution in [-0.4, -0.2) is 0 Å². The van der Waals surface area contributed by atoms with Gasteiger partial charge in [-0.25, -0.2) is 0 Å². The Bertz CT molecular complexity index is 1450. The van der Waals surface area contributed by atoms with E-state index < -0.39 is 7.92 Å². The van der Waals surface area contributed by atoms with E-state index in [2.05, 4.69) is 140 Å². The van der Waals surface area contributed by atoms with E-state index in [9.17, 15) is 0 Å². The lowest BCUT2D eigenvalue weighted by atomic mass is 9.63. The van der Waals surface area contributed by atoms with Crippen LogP contribution in [0.1, 0.15) is 39.7 Å². The second-order valence-electron chi connectivity index (χ2n) is 9.30. The van der Waals surface area contributed by atoms with Gasteiger partial charge in [-0.15, -0.1) is 0 Å². The molecule has 1 heteroatoms. The largest absolute Gasteiger partial charge is 0.0622 e. The summed E-state index contributed by atoms with van der Waals surface area (Å²) in [7, 11) is -0.716. The van der Waals surface area contributed by atoms with Gasteiger partial charge in [0.1, 0.15) is 0 Å². The molecule has 0 N–H and O–H groups in total. The monoisotopic (exact) mass is 464 g/mol. The van der Waals surface area contributed by atoms with Gasteiger partial charge in [-0.2, -0.15) is 0 Å². The number of hydrogen-bond donors (Lipinski definition) is 0. The van der Waals surface area contributed by atoms with Crippen LogP contribution in [0.2, 0.25) is 0 Å². The highest BCUT2D eigenvalue weighted by atomic mass is 31.1. The molecule has 5 aromatic rings. The Balaban J connectivity index is 1.61. The van der Waals surface area contributed by atoms with Gasteiger partial charge in [0.25, 0.3) is 0 Å². The molecule has 0 unspecified atom stereocenters. The predicted octanol–water partition coefficient (Wildman–Crippen LogP) is 7.82. The van der Waals surface area contributed by atoms with Crippen molar-refractivity contribution in [3.05, 3.63) is 173 Å². The second-order valence-corrected chi connectivity index (χ2v) is 11.5. The van der Waals surface area contributed by atoms with Crippen molar-refractivity contribution in [2.75, 3.05) is 0 Å². The van der Waals surface area contributed by atoms with E-state index in [0.29, 0.717) is 0 Å². The third kappa shape index (κ3) is 3.25. The van der Waals surface area contributed by atoms with Gasteiger partial charge in [-0.3, -0.25) is 0 Å². The van der Waals surface area contributed by atoms with Gasteiger partial charge in [0.15, 0.2) is 0 Å². The SMILES string of the molecule is c1ccc(C2=C(P(c3ccccc3)c3ccccc3)C3c4ccccc4C2c2ccccc23)cc1. The molecule has 0 aromatic heterocycles. The van der Waals surface area contributed by atoms with Crippen LogP contribution in [0.4, 0.5) is 0 Å². The number of benzene rings is 5. The van der Waals surface area contributed by atoms with E-state index in [0.717, 1.165) is 0 Å². The van der Waals surface area contributed by atoms with Crippen molar-refractivity contribution in [3.63, 3.8) is 0 Å². The predicted molar refractivity (Wildman–Crippen MR) is 149 cm³/mol. The molecule has 3 aliphatic rings. The van der Waals surface area contributed by atoms with Crippen LogP contribution in [0.5, 0.6) is 0 Å². The maximum Gasteiger partial charge on any atom is 0.0360 e. The molecular formula is C34H25P. The summed E-state index contributed by atoms with van der Waals surface area (Å²) >= 11 is 0. The normalized spacial score (nSPS) is 17.9. The first-order chi connectivity index (χ1) is 17.4. The van der Waals surface area contributed by atoms with E-state index >= 15 is 0 Å². The topological polar surface area (TPSA) is 0 Å². The molecule has 0 amide bonds. The van der Waals surface area contributed by atoms with Crippen LogP contribution >= 0.6 is 7.92 Å². The van der Waals surface area contributed by atoms with Crippen molar-refractivity contribution in [2.45, 2.75) is 11.8 Å². The number of hydrogen-bond acceptors (Lipinski definition) is 0. The minimum absolute atomic E-state index is 0.252. The highest BCUT2D eigenvalue weighted by Gasteiger charge is 2.45. The molecule has 0 aliphatic heterocycles. The molecule has 3 aliphatic carbocycles. The average Bonchev–Trinajstić information content (AvgIpc) is 2.95. The zero-order chi connectivity index (χ0) is 23.2. The third-order valence-electron chi connectivity index (χ3n) is 7.43. The van der Waals surface area contributed by atoms with Crippen molar-refractivity contribution in [2.24, 2.45) is 0 Å². The third-order valence-corrected chi connectivity index (χ3v) is 10.0. The summed E-state index contributed by atoms with van der Waals surface area (Å²) in [5.41, 5.74) is 8.74. The van der Waals surface area contributed by atoms with Gasteiger partial charge in [0.05, 0.1) is 0 Å². The standard InChI is InChI=1S/C34H25P/c1-4-14-24(15-5-1)31-32-27-20-10-12-22-29(27)33(30-23-13-11-21-28(30)32)34(31)35(25-16-6-2-7-17-25)26-18-8-3-9-19-26/h1-23,32-33H. The molecule has 0 atom stereocenters. The van der Waals surface area contributed by atoms with Crippen molar-refractivity contribution in [1.29, 1.82) is 0 Å². The minimum Gasteiger partial charge on any atom is -0.0622 e.